The van der Waals surface area contributed by atoms with E-state index in [9.17, 15) is 14.0 Å². The summed E-state index contributed by atoms with van der Waals surface area (Å²) in [5, 5.41) is 3.62. The van der Waals surface area contributed by atoms with Crippen molar-refractivity contribution in [2.75, 3.05) is 0 Å². The Morgan fingerprint density at radius 1 is 1.12 bits per heavy atom. The summed E-state index contributed by atoms with van der Waals surface area (Å²) in [5.41, 5.74) is 0.719. The maximum absolute atomic E-state index is 13.1. The van der Waals surface area contributed by atoms with Crippen molar-refractivity contribution >= 4 is 35.1 Å². The molecule has 132 valence electrons. The highest BCUT2D eigenvalue weighted by molar-refractivity contribution is 6.35. The maximum Gasteiger partial charge on any atom is 0.339 e. The Morgan fingerprint density at radius 3 is 2.48 bits per heavy atom. The Bertz CT molecular complexity index is 798. The number of esters is 1. The van der Waals surface area contributed by atoms with E-state index in [0.29, 0.717) is 15.6 Å². The smallest absolute Gasteiger partial charge is 0.339 e. The van der Waals surface area contributed by atoms with Crippen LogP contribution in [0.3, 0.4) is 0 Å². The number of amides is 1. The average Bonchev–Trinajstić information content (AvgIpc) is 2.54. The molecule has 0 heterocycles. The first-order valence-corrected chi connectivity index (χ1v) is 8.25. The largest absolute Gasteiger partial charge is 0.449 e. The van der Waals surface area contributed by atoms with Gasteiger partial charge in [0.25, 0.3) is 5.91 Å². The molecule has 0 saturated carbocycles. The maximum atomic E-state index is 13.1. The van der Waals surface area contributed by atoms with Crippen molar-refractivity contribution in [3.05, 3.63) is 69.5 Å². The van der Waals surface area contributed by atoms with Crippen LogP contribution in [-0.2, 0) is 9.53 Å². The lowest BCUT2D eigenvalue weighted by atomic mass is 10.1. The van der Waals surface area contributed by atoms with Crippen LogP contribution >= 0.6 is 23.2 Å². The van der Waals surface area contributed by atoms with Gasteiger partial charge in [0.15, 0.2) is 6.10 Å². The molecule has 0 spiro atoms. The van der Waals surface area contributed by atoms with Crippen molar-refractivity contribution in [2.45, 2.75) is 26.0 Å². The molecule has 0 bridgehead atoms. The van der Waals surface area contributed by atoms with Crippen LogP contribution in [0.4, 0.5) is 4.39 Å². The quantitative estimate of drug-likeness (QED) is 0.770. The number of hydrogen-bond acceptors (Lipinski definition) is 3. The molecule has 1 N–H and O–H groups in total. The molecule has 4 nitrogen and oxygen atoms in total. The fraction of sp³-hybridized carbons (Fsp3) is 0.222. The minimum atomic E-state index is -1.05. The molecule has 0 aliphatic rings. The summed E-state index contributed by atoms with van der Waals surface area (Å²) in [6.45, 7) is 3.18. The standard InChI is InChI=1S/C18H16Cl2FNO3/c1-10(15-7-6-13(19)9-16(15)20)22-17(23)11(2)25-18(24)12-4-3-5-14(21)8-12/h3-11H,1-2H3,(H,22,23)/t10-,11-/m1/s1. The van der Waals surface area contributed by atoms with Crippen LogP contribution in [0.1, 0.15) is 35.8 Å². The molecular formula is C18H16Cl2FNO3. The first-order chi connectivity index (χ1) is 11.8. The van der Waals surface area contributed by atoms with Crippen molar-refractivity contribution < 1.29 is 18.7 Å². The molecule has 0 aliphatic carbocycles. The highest BCUT2D eigenvalue weighted by Gasteiger charge is 2.22. The van der Waals surface area contributed by atoms with Crippen molar-refractivity contribution in [3.63, 3.8) is 0 Å². The number of carbonyl (C=O) groups is 2. The van der Waals surface area contributed by atoms with Gasteiger partial charge in [-0.3, -0.25) is 4.79 Å². The fourth-order valence-electron chi connectivity index (χ4n) is 2.16. The first-order valence-electron chi connectivity index (χ1n) is 7.50. The fourth-order valence-corrected chi connectivity index (χ4v) is 2.73. The molecule has 0 fully saturated rings. The molecule has 2 aromatic carbocycles. The lowest BCUT2D eigenvalue weighted by Gasteiger charge is -2.19. The monoisotopic (exact) mass is 383 g/mol. The van der Waals surface area contributed by atoms with E-state index in [1.807, 2.05) is 0 Å². The van der Waals surface area contributed by atoms with Crippen LogP contribution < -0.4 is 5.32 Å². The van der Waals surface area contributed by atoms with Crippen LogP contribution in [0, 0.1) is 5.82 Å². The lowest BCUT2D eigenvalue weighted by Crippen LogP contribution is -2.37. The third kappa shape index (κ3) is 5.18. The van der Waals surface area contributed by atoms with Gasteiger partial charge in [0.1, 0.15) is 5.82 Å². The minimum Gasteiger partial charge on any atom is -0.449 e. The van der Waals surface area contributed by atoms with Gasteiger partial charge in [0.2, 0.25) is 0 Å². The Kier molecular flexibility index (Phi) is 6.39. The molecular weight excluding hydrogens is 368 g/mol. The first kappa shape index (κ1) is 19.2. The van der Waals surface area contributed by atoms with Gasteiger partial charge in [0, 0.05) is 10.0 Å². The molecule has 2 rings (SSSR count). The molecule has 0 aliphatic heterocycles. The normalized spacial score (nSPS) is 13.0. The zero-order valence-electron chi connectivity index (χ0n) is 13.6. The topological polar surface area (TPSA) is 55.4 Å². The van der Waals surface area contributed by atoms with Gasteiger partial charge in [-0.25, -0.2) is 9.18 Å². The SMILES string of the molecule is C[C@@H](OC(=O)c1cccc(F)c1)C(=O)N[C@H](C)c1ccc(Cl)cc1Cl. The summed E-state index contributed by atoms with van der Waals surface area (Å²) in [4.78, 5) is 24.2. The zero-order chi connectivity index (χ0) is 18.6. The minimum absolute atomic E-state index is 0.0356. The second-order valence-corrected chi connectivity index (χ2v) is 6.30. The summed E-state index contributed by atoms with van der Waals surface area (Å²) in [7, 11) is 0. The summed E-state index contributed by atoms with van der Waals surface area (Å²) in [6.07, 6.45) is -1.05. The molecule has 25 heavy (non-hydrogen) atoms. The number of benzene rings is 2. The molecule has 7 heteroatoms. The van der Waals surface area contributed by atoms with E-state index in [-0.39, 0.29) is 5.56 Å². The second-order valence-electron chi connectivity index (χ2n) is 5.45. The third-order valence-corrected chi connectivity index (χ3v) is 4.06. The van der Waals surface area contributed by atoms with Crippen LogP contribution in [0.15, 0.2) is 42.5 Å². The second kappa shape index (κ2) is 8.32. The number of ether oxygens (including phenoxy) is 1. The number of nitrogens with one attached hydrogen (secondary N) is 1. The highest BCUT2D eigenvalue weighted by Crippen LogP contribution is 2.26. The third-order valence-electron chi connectivity index (χ3n) is 3.50. The summed E-state index contributed by atoms with van der Waals surface area (Å²) < 4.78 is 18.2. The Morgan fingerprint density at radius 2 is 1.84 bits per heavy atom. The number of halogens is 3. The van der Waals surface area contributed by atoms with Gasteiger partial charge >= 0.3 is 5.97 Å². The van der Waals surface area contributed by atoms with E-state index < -0.39 is 29.8 Å². The van der Waals surface area contributed by atoms with Crippen molar-refractivity contribution in [2.24, 2.45) is 0 Å². The molecule has 2 atom stereocenters. The summed E-state index contributed by atoms with van der Waals surface area (Å²) in [5.74, 6) is -1.83. The van der Waals surface area contributed by atoms with Crippen LogP contribution in [0.5, 0.6) is 0 Å². The van der Waals surface area contributed by atoms with Gasteiger partial charge in [-0.05, 0) is 49.7 Å². The van der Waals surface area contributed by atoms with Gasteiger partial charge < -0.3 is 10.1 Å². The van der Waals surface area contributed by atoms with Crippen molar-refractivity contribution in [3.8, 4) is 0 Å². The molecule has 2 aromatic rings. The predicted octanol–water partition coefficient (Wildman–Crippen LogP) is 4.56. The van der Waals surface area contributed by atoms with E-state index in [4.69, 9.17) is 27.9 Å². The molecule has 0 unspecified atom stereocenters. The number of hydrogen-bond donors (Lipinski definition) is 1. The number of carbonyl (C=O) groups excluding carboxylic acids is 2. The summed E-state index contributed by atoms with van der Waals surface area (Å²) >= 11 is 12.0. The van der Waals surface area contributed by atoms with E-state index in [1.54, 1.807) is 25.1 Å². The predicted molar refractivity (Wildman–Crippen MR) is 94.3 cm³/mol. The van der Waals surface area contributed by atoms with Crippen LogP contribution in [0.2, 0.25) is 10.0 Å². The van der Waals surface area contributed by atoms with E-state index in [1.165, 1.54) is 25.1 Å². The zero-order valence-corrected chi connectivity index (χ0v) is 15.1. The van der Waals surface area contributed by atoms with Gasteiger partial charge in [-0.2, -0.15) is 0 Å². The lowest BCUT2D eigenvalue weighted by molar-refractivity contribution is -0.129. The molecule has 1 amide bonds. The van der Waals surface area contributed by atoms with E-state index in [2.05, 4.69) is 5.32 Å². The highest BCUT2D eigenvalue weighted by atomic mass is 35.5. The number of rotatable bonds is 5. The average molecular weight is 384 g/mol. The Labute approximate surface area is 154 Å². The van der Waals surface area contributed by atoms with E-state index in [0.717, 1.165) is 6.07 Å². The van der Waals surface area contributed by atoms with Crippen molar-refractivity contribution in [1.29, 1.82) is 0 Å². The van der Waals surface area contributed by atoms with Gasteiger partial charge in [-0.1, -0.05) is 35.3 Å². The van der Waals surface area contributed by atoms with E-state index >= 15 is 0 Å². The Hall–Kier alpha value is -2.11. The van der Waals surface area contributed by atoms with Crippen molar-refractivity contribution in [1.82, 2.24) is 5.32 Å². The van der Waals surface area contributed by atoms with Crippen LogP contribution in [-0.4, -0.2) is 18.0 Å². The Balaban J connectivity index is 1.98. The molecule has 0 aromatic heterocycles. The van der Waals surface area contributed by atoms with Gasteiger partial charge in [0.05, 0.1) is 11.6 Å². The molecule has 0 saturated heterocycles. The van der Waals surface area contributed by atoms with Gasteiger partial charge in [-0.15, -0.1) is 0 Å². The molecule has 0 radical (unpaired) electrons. The van der Waals surface area contributed by atoms with Crippen LogP contribution in [0.25, 0.3) is 0 Å². The summed E-state index contributed by atoms with van der Waals surface area (Å²) in [6, 6.07) is 9.60.